The number of imide groups is 1. The van der Waals surface area contributed by atoms with Gasteiger partial charge < -0.3 is 20.1 Å². The largest absolute Gasteiger partial charge is 0.394 e. The molecule has 17 heavy (non-hydrogen) atoms. The third-order valence-electron chi connectivity index (χ3n) is 2.82. The molecule has 94 valence electrons. The molecule has 2 rings (SSSR count). The number of aliphatic imine (C=N–C) groups is 1. The maximum atomic E-state index is 11.5. The number of nitrogens with zero attached hydrogens (tertiary/aromatic N) is 1. The molecule has 2 heterocycles. The van der Waals surface area contributed by atoms with E-state index >= 15 is 0 Å². The van der Waals surface area contributed by atoms with Crippen LogP contribution in [0.2, 0.25) is 0 Å². The Kier molecular flexibility index (Phi) is 3.20. The van der Waals surface area contributed by atoms with E-state index in [1.54, 1.807) is 0 Å². The lowest BCUT2D eigenvalue weighted by molar-refractivity contribution is -0.127. The summed E-state index contributed by atoms with van der Waals surface area (Å²) in [6.07, 6.45) is -3.50. The smallest absolute Gasteiger partial charge is 0.347 e. The first-order chi connectivity index (χ1) is 8.04. The van der Waals surface area contributed by atoms with Crippen molar-refractivity contribution in [3.05, 3.63) is 0 Å². The van der Waals surface area contributed by atoms with E-state index < -0.39 is 48.9 Å². The Morgan fingerprint density at radius 3 is 2.59 bits per heavy atom. The van der Waals surface area contributed by atoms with Crippen LogP contribution in [0.15, 0.2) is 4.99 Å². The number of amides is 3. The van der Waals surface area contributed by atoms with Gasteiger partial charge in [0, 0.05) is 6.21 Å². The van der Waals surface area contributed by atoms with Crippen molar-refractivity contribution in [3.8, 4) is 0 Å². The van der Waals surface area contributed by atoms with Crippen LogP contribution in [-0.2, 0) is 9.53 Å². The third kappa shape index (κ3) is 2.07. The molecular formula is C9H12N2O6. The second kappa shape index (κ2) is 4.49. The van der Waals surface area contributed by atoms with Gasteiger partial charge in [-0.25, -0.2) is 9.79 Å². The van der Waals surface area contributed by atoms with Crippen LogP contribution in [0, 0.1) is 5.92 Å². The van der Waals surface area contributed by atoms with Crippen molar-refractivity contribution in [1.29, 1.82) is 0 Å². The third-order valence-corrected chi connectivity index (χ3v) is 2.82. The molecule has 0 aromatic carbocycles. The second-order valence-corrected chi connectivity index (χ2v) is 3.90. The Bertz CT molecular complexity index is 370. The summed E-state index contributed by atoms with van der Waals surface area (Å²) in [5.74, 6) is -1.62. The van der Waals surface area contributed by atoms with Crippen molar-refractivity contribution in [2.45, 2.75) is 24.4 Å². The van der Waals surface area contributed by atoms with Crippen molar-refractivity contribution in [2.75, 3.05) is 6.61 Å². The molecule has 0 aromatic rings. The summed E-state index contributed by atoms with van der Waals surface area (Å²) in [4.78, 5) is 25.6. The summed E-state index contributed by atoms with van der Waals surface area (Å²) in [5, 5.41) is 30.1. The first-order valence-electron chi connectivity index (χ1n) is 5.06. The summed E-state index contributed by atoms with van der Waals surface area (Å²) < 4.78 is 5.17. The van der Waals surface area contributed by atoms with E-state index in [1.807, 2.05) is 5.32 Å². The predicted octanol–water partition coefficient (Wildman–Crippen LogP) is -2.60. The number of rotatable bonds is 2. The van der Waals surface area contributed by atoms with Crippen LogP contribution in [0.5, 0.6) is 0 Å². The van der Waals surface area contributed by atoms with Crippen LogP contribution in [0.1, 0.15) is 0 Å². The maximum Gasteiger partial charge on any atom is 0.347 e. The van der Waals surface area contributed by atoms with Crippen molar-refractivity contribution in [1.82, 2.24) is 5.32 Å². The molecule has 0 bridgehead atoms. The molecule has 1 unspecified atom stereocenters. The number of hydrogen-bond donors (Lipinski definition) is 4. The van der Waals surface area contributed by atoms with Gasteiger partial charge >= 0.3 is 6.03 Å². The Morgan fingerprint density at radius 1 is 1.35 bits per heavy atom. The summed E-state index contributed by atoms with van der Waals surface area (Å²) in [6, 6.07) is -0.780. The normalized spacial score (nSPS) is 41.7. The molecule has 0 aromatic heterocycles. The molecule has 5 atom stereocenters. The number of carbonyl (C=O) groups is 2. The van der Waals surface area contributed by atoms with Crippen molar-refractivity contribution < 1.29 is 29.6 Å². The SMILES string of the molecule is O=C1N=CC([C@@H]2O[C@H](CO)[C@@H](O)[C@H]2O)C(=O)N1. The zero-order chi connectivity index (χ0) is 12.6. The second-order valence-electron chi connectivity index (χ2n) is 3.90. The zero-order valence-electron chi connectivity index (χ0n) is 8.68. The number of ether oxygens (including phenoxy) is 1. The number of aliphatic hydroxyl groups excluding tert-OH is 3. The van der Waals surface area contributed by atoms with Gasteiger partial charge in [0.05, 0.1) is 6.61 Å². The van der Waals surface area contributed by atoms with Gasteiger partial charge in [0.1, 0.15) is 30.3 Å². The molecular weight excluding hydrogens is 232 g/mol. The highest BCUT2D eigenvalue weighted by atomic mass is 16.6. The Hall–Kier alpha value is -1.35. The molecule has 8 nitrogen and oxygen atoms in total. The highest BCUT2D eigenvalue weighted by molar-refractivity contribution is 6.09. The zero-order valence-corrected chi connectivity index (χ0v) is 8.68. The number of hydrogen-bond acceptors (Lipinski definition) is 6. The molecule has 0 spiro atoms. The van der Waals surface area contributed by atoms with E-state index in [0.29, 0.717) is 0 Å². The molecule has 0 aliphatic carbocycles. The maximum absolute atomic E-state index is 11.5. The van der Waals surface area contributed by atoms with E-state index in [-0.39, 0.29) is 0 Å². The van der Waals surface area contributed by atoms with Gasteiger partial charge in [-0.2, -0.15) is 0 Å². The molecule has 2 aliphatic heterocycles. The van der Waals surface area contributed by atoms with Crippen LogP contribution >= 0.6 is 0 Å². The minimum absolute atomic E-state index is 0.473. The van der Waals surface area contributed by atoms with E-state index in [1.165, 1.54) is 0 Å². The minimum Gasteiger partial charge on any atom is -0.394 e. The van der Waals surface area contributed by atoms with Gasteiger partial charge in [-0.1, -0.05) is 0 Å². The number of aliphatic hydroxyl groups is 3. The number of urea groups is 1. The van der Waals surface area contributed by atoms with Crippen LogP contribution < -0.4 is 5.32 Å². The highest BCUT2D eigenvalue weighted by Crippen LogP contribution is 2.26. The van der Waals surface area contributed by atoms with Gasteiger partial charge in [0.25, 0.3) is 0 Å². The molecule has 0 saturated carbocycles. The topological polar surface area (TPSA) is 128 Å². The fourth-order valence-corrected chi connectivity index (χ4v) is 1.90. The Balaban J connectivity index is 2.16. The van der Waals surface area contributed by atoms with Gasteiger partial charge in [-0.3, -0.25) is 10.1 Å². The average molecular weight is 244 g/mol. The van der Waals surface area contributed by atoms with Crippen LogP contribution in [0.3, 0.4) is 0 Å². The first-order valence-corrected chi connectivity index (χ1v) is 5.06. The quantitative estimate of drug-likeness (QED) is 0.422. The summed E-state index contributed by atoms with van der Waals surface area (Å²) in [6.45, 7) is -0.473. The Labute approximate surface area is 95.9 Å². The van der Waals surface area contributed by atoms with Gasteiger partial charge in [0.15, 0.2) is 0 Å². The fourth-order valence-electron chi connectivity index (χ4n) is 1.90. The fraction of sp³-hybridized carbons (Fsp3) is 0.667. The van der Waals surface area contributed by atoms with Gasteiger partial charge in [-0.05, 0) is 0 Å². The molecule has 3 amide bonds. The number of carbonyl (C=O) groups excluding carboxylic acids is 2. The van der Waals surface area contributed by atoms with Crippen LogP contribution in [0.4, 0.5) is 4.79 Å². The van der Waals surface area contributed by atoms with Crippen molar-refractivity contribution >= 4 is 18.2 Å². The van der Waals surface area contributed by atoms with Crippen molar-refractivity contribution in [3.63, 3.8) is 0 Å². The summed E-state index contributed by atoms with van der Waals surface area (Å²) >= 11 is 0. The van der Waals surface area contributed by atoms with E-state index in [2.05, 4.69) is 4.99 Å². The standard InChI is InChI=1S/C9H12N2O6/c12-2-4-5(13)6(14)7(17-4)3-1-10-9(16)11-8(3)15/h1,3-7,12-14H,2H2,(H,11,15,16)/t3?,4-,5-,6-,7+/m1/s1. The first kappa shape index (κ1) is 12.1. The Morgan fingerprint density at radius 2 is 2.06 bits per heavy atom. The van der Waals surface area contributed by atoms with Gasteiger partial charge in [0.2, 0.25) is 5.91 Å². The van der Waals surface area contributed by atoms with E-state index in [9.17, 15) is 19.8 Å². The van der Waals surface area contributed by atoms with Crippen LogP contribution in [-0.4, -0.2) is 64.5 Å². The average Bonchev–Trinajstić information content (AvgIpc) is 2.57. The van der Waals surface area contributed by atoms with E-state index in [4.69, 9.17) is 9.84 Å². The summed E-state index contributed by atoms with van der Waals surface area (Å²) in [5.41, 5.74) is 0. The summed E-state index contributed by atoms with van der Waals surface area (Å²) in [7, 11) is 0. The molecule has 0 radical (unpaired) electrons. The van der Waals surface area contributed by atoms with Crippen LogP contribution in [0.25, 0.3) is 0 Å². The lowest BCUT2D eigenvalue weighted by atomic mass is 9.95. The van der Waals surface area contributed by atoms with Crippen molar-refractivity contribution in [2.24, 2.45) is 10.9 Å². The lowest BCUT2D eigenvalue weighted by Gasteiger charge is -2.23. The van der Waals surface area contributed by atoms with E-state index in [0.717, 1.165) is 6.21 Å². The molecule has 8 heteroatoms. The molecule has 1 fully saturated rings. The minimum atomic E-state index is -1.32. The predicted molar refractivity (Wildman–Crippen MR) is 53.3 cm³/mol. The number of nitrogens with one attached hydrogen (secondary N) is 1. The highest BCUT2D eigenvalue weighted by Gasteiger charge is 2.48. The molecule has 1 saturated heterocycles. The molecule has 2 aliphatic rings. The monoisotopic (exact) mass is 244 g/mol. The molecule has 4 N–H and O–H groups in total. The van der Waals surface area contributed by atoms with Gasteiger partial charge in [-0.15, -0.1) is 0 Å². The lowest BCUT2D eigenvalue weighted by Crippen LogP contribution is -2.48.